The van der Waals surface area contributed by atoms with Crippen LogP contribution in [0.1, 0.15) is 30.1 Å². The van der Waals surface area contributed by atoms with Crippen molar-refractivity contribution in [2.24, 2.45) is 0 Å². The predicted octanol–water partition coefficient (Wildman–Crippen LogP) is 3.50. The first kappa shape index (κ1) is 12.0. The molecule has 0 aliphatic heterocycles. The maximum atomic E-state index is 6.29. The lowest BCUT2D eigenvalue weighted by Gasteiger charge is -2.06. The number of nitrogen functional groups attached to an aromatic ring is 1. The Bertz CT molecular complexity index is 621. The lowest BCUT2D eigenvalue weighted by Crippen LogP contribution is -2.05. The van der Waals surface area contributed by atoms with E-state index in [0.29, 0.717) is 5.92 Å². The van der Waals surface area contributed by atoms with E-state index in [1.807, 2.05) is 12.1 Å². The SMILES string of the molecule is C=CCn1c(C2CC2)nc(-c2cccc(C)c2)c1N. The van der Waals surface area contributed by atoms with E-state index in [0.717, 1.165) is 29.4 Å². The molecule has 0 radical (unpaired) electrons. The van der Waals surface area contributed by atoms with Crippen molar-refractivity contribution in [3.8, 4) is 11.3 Å². The zero-order valence-corrected chi connectivity index (χ0v) is 11.3. The Morgan fingerprint density at radius 3 is 2.89 bits per heavy atom. The minimum atomic E-state index is 0.584. The second-order valence-electron chi connectivity index (χ2n) is 5.25. The van der Waals surface area contributed by atoms with Crippen LogP contribution in [0.25, 0.3) is 11.3 Å². The van der Waals surface area contributed by atoms with Gasteiger partial charge in [0.05, 0.1) is 0 Å². The predicted molar refractivity (Wildman–Crippen MR) is 79.0 cm³/mol. The Hall–Kier alpha value is -2.03. The molecule has 0 amide bonds. The number of rotatable bonds is 4. The van der Waals surface area contributed by atoms with Gasteiger partial charge in [0.15, 0.2) is 0 Å². The quantitative estimate of drug-likeness (QED) is 0.847. The molecular weight excluding hydrogens is 234 g/mol. The number of aryl methyl sites for hydroxylation is 1. The molecule has 2 aromatic rings. The summed E-state index contributed by atoms with van der Waals surface area (Å²) < 4.78 is 2.10. The normalized spacial score (nSPS) is 14.6. The highest BCUT2D eigenvalue weighted by atomic mass is 15.1. The molecule has 3 rings (SSSR count). The van der Waals surface area contributed by atoms with Gasteiger partial charge in [0.2, 0.25) is 0 Å². The second kappa shape index (κ2) is 4.57. The van der Waals surface area contributed by atoms with Crippen molar-refractivity contribution in [3.63, 3.8) is 0 Å². The van der Waals surface area contributed by atoms with Crippen LogP contribution < -0.4 is 5.73 Å². The first-order chi connectivity index (χ1) is 9.20. The summed E-state index contributed by atoms with van der Waals surface area (Å²) in [6.07, 6.45) is 4.33. The van der Waals surface area contributed by atoms with Crippen LogP contribution in [-0.2, 0) is 6.54 Å². The molecule has 19 heavy (non-hydrogen) atoms. The van der Waals surface area contributed by atoms with Crippen LogP contribution >= 0.6 is 0 Å². The van der Waals surface area contributed by atoms with Crippen LogP contribution in [0.2, 0.25) is 0 Å². The van der Waals surface area contributed by atoms with Crippen LogP contribution in [0.3, 0.4) is 0 Å². The monoisotopic (exact) mass is 253 g/mol. The number of nitrogens with zero attached hydrogens (tertiary/aromatic N) is 2. The highest BCUT2D eigenvalue weighted by Crippen LogP contribution is 2.42. The molecule has 1 aliphatic carbocycles. The summed E-state index contributed by atoms with van der Waals surface area (Å²) in [7, 11) is 0. The van der Waals surface area contributed by atoms with E-state index in [9.17, 15) is 0 Å². The molecule has 3 heteroatoms. The molecule has 1 aromatic heterocycles. The highest BCUT2D eigenvalue weighted by Gasteiger charge is 2.30. The van der Waals surface area contributed by atoms with E-state index in [2.05, 4.69) is 36.3 Å². The van der Waals surface area contributed by atoms with Gasteiger partial charge in [0.1, 0.15) is 17.3 Å². The van der Waals surface area contributed by atoms with Gasteiger partial charge in [-0.1, -0.05) is 29.8 Å². The van der Waals surface area contributed by atoms with Gasteiger partial charge < -0.3 is 10.3 Å². The van der Waals surface area contributed by atoms with Gasteiger partial charge in [-0.25, -0.2) is 4.98 Å². The van der Waals surface area contributed by atoms with Gasteiger partial charge in [0, 0.05) is 18.0 Å². The zero-order chi connectivity index (χ0) is 13.4. The lowest BCUT2D eigenvalue weighted by atomic mass is 10.1. The maximum absolute atomic E-state index is 6.29. The van der Waals surface area contributed by atoms with Gasteiger partial charge in [0.25, 0.3) is 0 Å². The van der Waals surface area contributed by atoms with Crippen LogP contribution in [0, 0.1) is 6.92 Å². The molecule has 0 atom stereocenters. The maximum Gasteiger partial charge on any atom is 0.132 e. The number of aromatic nitrogens is 2. The van der Waals surface area contributed by atoms with Crippen LogP contribution in [0.5, 0.6) is 0 Å². The highest BCUT2D eigenvalue weighted by molar-refractivity contribution is 5.71. The van der Waals surface area contributed by atoms with Crippen molar-refractivity contribution in [1.29, 1.82) is 0 Å². The van der Waals surface area contributed by atoms with Crippen molar-refractivity contribution in [3.05, 3.63) is 48.3 Å². The second-order valence-corrected chi connectivity index (χ2v) is 5.25. The first-order valence-electron chi connectivity index (χ1n) is 6.74. The molecule has 1 aromatic carbocycles. The third-order valence-corrected chi connectivity index (χ3v) is 3.58. The van der Waals surface area contributed by atoms with Crippen molar-refractivity contribution in [1.82, 2.24) is 9.55 Å². The van der Waals surface area contributed by atoms with E-state index in [1.165, 1.54) is 18.4 Å². The largest absolute Gasteiger partial charge is 0.383 e. The van der Waals surface area contributed by atoms with Crippen LogP contribution in [0.15, 0.2) is 36.9 Å². The first-order valence-corrected chi connectivity index (χ1v) is 6.74. The van der Waals surface area contributed by atoms with Gasteiger partial charge in [-0.15, -0.1) is 6.58 Å². The summed E-state index contributed by atoms with van der Waals surface area (Å²) in [5, 5.41) is 0. The Morgan fingerprint density at radius 2 is 2.26 bits per heavy atom. The molecule has 1 saturated carbocycles. The standard InChI is InChI=1S/C16H19N3/c1-3-9-19-15(17)14(18-16(19)12-7-8-12)13-6-4-5-11(2)10-13/h3-6,10,12H,1,7-9,17H2,2H3. The molecule has 1 heterocycles. The van der Waals surface area contributed by atoms with E-state index in [4.69, 9.17) is 10.7 Å². The van der Waals surface area contributed by atoms with Crippen molar-refractivity contribution >= 4 is 5.82 Å². The average molecular weight is 253 g/mol. The minimum Gasteiger partial charge on any atom is -0.383 e. The van der Waals surface area contributed by atoms with E-state index in [1.54, 1.807) is 0 Å². The summed E-state index contributed by atoms with van der Waals surface area (Å²) in [4.78, 5) is 4.79. The zero-order valence-electron chi connectivity index (χ0n) is 11.3. The minimum absolute atomic E-state index is 0.584. The molecule has 1 fully saturated rings. The average Bonchev–Trinajstić information content (AvgIpc) is 3.17. The van der Waals surface area contributed by atoms with E-state index < -0.39 is 0 Å². The summed E-state index contributed by atoms with van der Waals surface area (Å²) >= 11 is 0. The van der Waals surface area contributed by atoms with Crippen molar-refractivity contribution in [2.75, 3.05) is 5.73 Å². The summed E-state index contributed by atoms with van der Waals surface area (Å²) in [5.74, 6) is 2.46. The molecule has 0 unspecified atom stereocenters. The summed E-state index contributed by atoms with van der Waals surface area (Å²) in [6, 6.07) is 8.34. The van der Waals surface area contributed by atoms with Crippen molar-refractivity contribution in [2.45, 2.75) is 32.2 Å². The molecule has 0 spiro atoms. The van der Waals surface area contributed by atoms with Crippen LogP contribution in [0.4, 0.5) is 5.82 Å². The molecule has 3 nitrogen and oxygen atoms in total. The number of allylic oxidation sites excluding steroid dienone is 1. The molecular formula is C16H19N3. The van der Waals surface area contributed by atoms with Crippen LogP contribution in [-0.4, -0.2) is 9.55 Å². The van der Waals surface area contributed by atoms with Gasteiger partial charge in [-0.05, 0) is 25.8 Å². The number of hydrogen-bond acceptors (Lipinski definition) is 2. The molecule has 0 bridgehead atoms. The fourth-order valence-corrected chi connectivity index (χ4v) is 2.46. The van der Waals surface area contributed by atoms with E-state index in [-0.39, 0.29) is 0 Å². The Kier molecular flexibility index (Phi) is 2.90. The Balaban J connectivity index is 2.11. The molecule has 0 saturated heterocycles. The Labute approximate surface area is 113 Å². The molecule has 2 N–H and O–H groups in total. The number of anilines is 1. The third-order valence-electron chi connectivity index (χ3n) is 3.58. The van der Waals surface area contributed by atoms with E-state index >= 15 is 0 Å². The van der Waals surface area contributed by atoms with Crippen molar-refractivity contribution < 1.29 is 0 Å². The smallest absolute Gasteiger partial charge is 0.132 e. The number of imidazole rings is 1. The molecule has 98 valence electrons. The third kappa shape index (κ3) is 2.16. The number of nitrogens with two attached hydrogens (primary N) is 1. The molecule has 1 aliphatic rings. The summed E-state index contributed by atoms with van der Waals surface area (Å²) in [5.41, 5.74) is 9.52. The van der Waals surface area contributed by atoms with Gasteiger partial charge in [-0.3, -0.25) is 0 Å². The number of benzene rings is 1. The van der Waals surface area contributed by atoms with Gasteiger partial charge >= 0.3 is 0 Å². The van der Waals surface area contributed by atoms with Gasteiger partial charge in [-0.2, -0.15) is 0 Å². The topological polar surface area (TPSA) is 43.8 Å². The fourth-order valence-electron chi connectivity index (χ4n) is 2.46. The Morgan fingerprint density at radius 1 is 1.47 bits per heavy atom. The fraction of sp³-hybridized carbons (Fsp3) is 0.312. The summed E-state index contributed by atoms with van der Waals surface area (Å²) in [6.45, 7) is 6.63. The lowest BCUT2D eigenvalue weighted by molar-refractivity contribution is 0.750. The number of hydrogen-bond donors (Lipinski definition) is 1.